The van der Waals surface area contributed by atoms with Crippen LogP contribution in [0.4, 0.5) is 103 Å². The van der Waals surface area contributed by atoms with E-state index in [1.807, 2.05) is 54.7 Å². The molecular weight excluding hydrogens is 1830 g/mol. The lowest BCUT2D eigenvalue weighted by atomic mass is 9.91. The van der Waals surface area contributed by atoms with Crippen LogP contribution in [0.15, 0.2) is 480 Å². The first-order valence-corrected chi connectivity index (χ1v) is 60.6. The van der Waals surface area contributed by atoms with E-state index in [4.69, 9.17) is 15.0 Å². The summed E-state index contributed by atoms with van der Waals surface area (Å²) in [4.78, 5) is 42.3. The van der Waals surface area contributed by atoms with Crippen LogP contribution < -0.4 is 45.0 Å². The molecule has 3 heterocycles. The molecule has 12 nitrogen and oxygen atoms in total. The number of fused-ring (bicyclic) bond motifs is 2. The van der Waals surface area contributed by atoms with E-state index in [2.05, 4.69) is 510 Å². The molecule has 26 rings (SSSR count). The van der Waals surface area contributed by atoms with E-state index in [-0.39, 0.29) is 0 Å². The molecule has 0 aliphatic rings. The third kappa shape index (κ3) is 16.9. The van der Waals surface area contributed by atoms with Crippen LogP contribution in [-0.2, 0) is 0 Å². The van der Waals surface area contributed by atoms with Gasteiger partial charge < -0.3 is 14.7 Å². The van der Waals surface area contributed by atoms with Gasteiger partial charge in [-0.2, -0.15) is 0 Å². The van der Waals surface area contributed by atoms with E-state index in [9.17, 15) is 0 Å². The maximum Gasteiger partial charge on any atom is 0.235 e. The molecule has 0 radical (unpaired) electrons. The molecule has 0 atom stereocenters. The number of benzene rings is 23. The predicted octanol–water partition coefficient (Wildman–Crippen LogP) is 34.9. The van der Waals surface area contributed by atoms with Gasteiger partial charge in [0.1, 0.15) is 24.3 Å². The maximum absolute atomic E-state index is 5.07. The fourth-order valence-corrected chi connectivity index (χ4v) is 24.8. The van der Waals surface area contributed by atoms with Crippen LogP contribution >= 0.6 is 0 Å². The van der Waals surface area contributed by atoms with E-state index < -0.39 is 24.2 Å². The number of rotatable bonds is 21. The molecular formula is C131H106N12Si3. The van der Waals surface area contributed by atoms with Gasteiger partial charge in [-0.25, -0.2) is 29.9 Å². The van der Waals surface area contributed by atoms with Gasteiger partial charge in [0.2, 0.25) is 5.95 Å². The van der Waals surface area contributed by atoms with Crippen molar-refractivity contribution in [2.24, 2.45) is 0 Å². The first kappa shape index (κ1) is 90.9. The first-order valence-electron chi connectivity index (χ1n) is 50.1. The van der Waals surface area contributed by atoms with Crippen molar-refractivity contribution in [1.82, 2.24) is 29.9 Å². The van der Waals surface area contributed by atoms with E-state index >= 15 is 0 Å². The highest BCUT2D eigenvalue weighted by molar-refractivity contribution is 6.89. The average Bonchev–Trinajstić information content (AvgIpc) is 0.724. The van der Waals surface area contributed by atoms with E-state index in [1.54, 1.807) is 18.9 Å². The van der Waals surface area contributed by atoms with Gasteiger partial charge >= 0.3 is 0 Å². The van der Waals surface area contributed by atoms with Crippen molar-refractivity contribution >= 4 is 261 Å². The van der Waals surface area contributed by atoms with E-state index in [0.717, 1.165) is 124 Å². The van der Waals surface area contributed by atoms with Gasteiger partial charge in [0.25, 0.3) is 0 Å². The Morgan fingerprint density at radius 1 is 0.185 bits per heavy atom. The minimum Gasteiger partial charge on any atom is -0.310 e. The van der Waals surface area contributed by atoms with Gasteiger partial charge in [0.05, 0.1) is 69.4 Å². The molecule has 0 aliphatic carbocycles. The predicted molar refractivity (Wildman–Crippen MR) is 629 cm³/mol. The van der Waals surface area contributed by atoms with Crippen molar-refractivity contribution < 1.29 is 0 Å². The molecule has 702 valence electrons. The smallest absolute Gasteiger partial charge is 0.235 e. The van der Waals surface area contributed by atoms with Gasteiger partial charge in [-0.15, -0.1) is 0 Å². The SMILES string of the molecule is C[Si](C)(C)c1ccc(N(c2ccccc2)c2ccc3ccc4c(N(c5ccccc5)c5ccncn5)ccc5ccc2c3c54)cc1.C[Si](C)(C)c1ccc(N(c2ccccc2)c2ccc3ccc4c(N(c5ccccc5)c5ncc6ccccc6n5)ccc5ccc2c3c54)cc1.C[Si](C)(C)c1ccc(N(c2ccccc2)c2ccc3ccc4c(N(c5ccccc5)c5ncnc6ccccc56)ccc5ccc2c3c54)cc1. The summed E-state index contributed by atoms with van der Waals surface area (Å²) in [5.41, 5.74) is 18.5. The first-order chi connectivity index (χ1) is 71.4. The number of nitrogens with zero attached hydrogens (tertiary/aromatic N) is 12. The minimum atomic E-state index is -1.45. The minimum absolute atomic E-state index is 0.641. The summed E-state index contributed by atoms with van der Waals surface area (Å²) in [6.07, 6.45) is 7.01. The quantitative estimate of drug-likeness (QED) is 0.0506. The van der Waals surface area contributed by atoms with Crippen molar-refractivity contribution in [3.63, 3.8) is 0 Å². The fourth-order valence-electron chi connectivity index (χ4n) is 21.3. The summed E-state index contributed by atoms with van der Waals surface area (Å²) in [6.45, 7) is 21.6. The molecule has 0 aliphatic heterocycles. The highest BCUT2D eigenvalue weighted by Crippen LogP contribution is 2.53. The molecule has 146 heavy (non-hydrogen) atoms. The zero-order valence-electron chi connectivity index (χ0n) is 83.0. The van der Waals surface area contributed by atoms with Crippen LogP contribution in [-0.4, -0.2) is 54.1 Å². The Balaban J connectivity index is 0.000000118. The van der Waals surface area contributed by atoms with Crippen LogP contribution in [0.1, 0.15) is 0 Å². The molecule has 15 heteroatoms. The molecule has 0 spiro atoms. The van der Waals surface area contributed by atoms with Crippen molar-refractivity contribution in [3.8, 4) is 0 Å². The molecule has 0 saturated carbocycles. The highest BCUT2D eigenvalue weighted by atomic mass is 28.3. The molecule has 0 saturated heterocycles. The monoisotopic (exact) mass is 1930 g/mol. The zero-order valence-corrected chi connectivity index (χ0v) is 86.0. The largest absolute Gasteiger partial charge is 0.310 e. The average molecular weight is 1930 g/mol. The second-order valence-corrected chi connectivity index (χ2v) is 55.9. The van der Waals surface area contributed by atoms with Crippen LogP contribution in [0.2, 0.25) is 58.9 Å². The van der Waals surface area contributed by atoms with Crippen LogP contribution in [0.5, 0.6) is 0 Å². The van der Waals surface area contributed by atoms with Gasteiger partial charge in [-0.1, -0.05) is 360 Å². The Labute approximate surface area is 853 Å². The van der Waals surface area contributed by atoms with Crippen molar-refractivity contribution in [3.05, 3.63) is 480 Å². The lowest BCUT2D eigenvalue weighted by molar-refractivity contribution is 1.11. The normalized spacial score (nSPS) is 11.9. The van der Waals surface area contributed by atoms with Gasteiger partial charge in [-0.3, -0.25) is 14.7 Å². The molecule has 0 unspecified atom stereocenters. The van der Waals surface area contributed by atoms with Crippen molar-refractivity contribution in [1.29, 1.82) is 0 Å². The molecule has 0 bridgehead atoms. The molecule has 23 aromatic carbocycles. The molecule has 26 aromatic rings. The second kappa shape index (κ2) is 37.7. The standard InChI is InChI=1S/2C45H36N4Si.C41H34N4Si/c1-50(2,3)37-24-22-36(23-25-37)48(34-13-6-4-7-14-34)41-28-20-31-19-27-39-42(29-21-32-18-26-38(41)43(31)44(32)39)49(35-15-8-5-9-16-35)45-46-30-33-12-10-11-17-40(33)47-45;1-50(2,3)36-24-22-35(23-25-36)48(33-12-6-4-7-13-33)41-28-20-31-19-27-39-42(29-21-32-18-26-38(41)43(31)44(32)39)49(34-14-8-5-9-15-34)45-37-16-10-11-17-40(37)46-30-47-45;1-46(2,3)34-20-18-33(19-21-34)44(31-10-6-4-7-11-31)37-24-16-29-15-23-36-38(25-17-30-14-22-35(37)40(29)41(30)36)45(32-12-8-5-9-13-32)39-26-27-42-28-43-39/h2*4-30H,1-3H3;4-28H,1-3H3. The van der Waals surface area contributed by atoms with Crippen molar-refractivity contribution in [2.45, 2.75) is 58.9 Å². The van der Waals surface area contributed by atoms with Gasteiger partial charge in [0, 0.05) is 107 Å². The lowest BCUT2D eigenvalue weighted by Crippen LogP contribution is -2.37. The summed E-state index contributed by atoms with van der Waals surface area (Å²) in [6, 6.07) is 164. The third-order valence-electron chi connectivity index (χ3n) is 28.6. The number of anilines is 18. The second-order valence-electron chi connectivity index (χ2n) is 40.7. The molecule has 0 amide bonds. The Kier molecular flexibility index (Phi) is 23.5. The van der Waals surface area contributed by atoms with Crippen molar-refractivity contribution in [2.75, 3.05) is 29.4 Å². The Bertz CT molecular complexity index is 9200. The van der Waals surface area contributed by atoms with Crippen LogP contribution in [0.25, 0.3) is 119 Å². The third-order valence-corrected chi connectivity index (χ3v) is 34.8. The van der Waals surface area contributed by atoms with Gasteiger partial charge in [0.15, 0.2) is 0 Å². The summed E-state index contributed by atoms with van der Waals surface area (Å²) in [5.74, 6) is 2.33. The van der Waals surface area contributed by atoms with E-state index in [0.29, 0.717) is 5.95 Å². The number of aromatic nitrogens is 6. The Morgan fingerprint density at radius 2 is 0.459 bits per heavy atom. The number of hydrogen-bond donors (Lipinski definition) is 0. The Morgan fingerprint density at radius 3 is 0.795 bits per heavy atom. The van der Waals surface area contributed by atoms with Crippen LogP contribution in [0.3, 0.4) is 0 Å². The molecule has 0 N–H and O–H groups in total. The highest BCUT2D eigenvalue weighted by Gasteiger charge is 2.31. The summed E-state index contributed by atoms with van der Waals surface area (Å²) < 4.78 is 0. The summed E-state index contributed by atoms with van der Waals surface area (Å²) in [5, 5.41) is 28.4. The Hall–Kier alpha value is -17.6. The summed E-state index contributed by atoms with van der Waals surface area (Å²) in [7, 11) is -4.33. The molecule has 0 fully saturated rings. The van der Waals surface area contributed by atoms with Crippen LogP contribution in [0, 0.1) is 0 Å². The fraction of sp³-hybridized carbons (Fsp3) is 0.0687. The number of para-hydroxylation sites is 8. The lowest BCUT2D eigenvalue weighted by Gasteiger charge is -2.29. The number of hydrogen-bond acceptors (Lipinski definition) is 12. The van der Waals surface area contributed by atoms with E-state index in [1.165, 1.54) is 107 Å². The molecule has 3 aromatic heterocycles. The maximum atomic E-state index is 5.07. The summed E-state index contributed by atoms with van der Waals surface area (Å²) >= 11 is 0. The zero-order chi connectivity index (χ0) is 98.9. The van der Waals surface area contributed by atoms with Gasteiger partial charge in [-0.05, 0) is 234 Å². The topological polar surface area (TPSA) is 96.8 Å².